The van der Waals surface area contributed by atoms with Crippen LogP contribution in [0.5, 0.6) is 11.5 Å². The molecule has 0 aliphatic rings. The lowest BCUT2D eigenvalue weighted by Gasteiger charge is -2.19. The molecule has 1 atom stereocenters. The molecule has 0 fully saturated rings. The summed E-state index contributed by atoms with van der Waals surface area (Å²) in [7, 11) is 1.90. The number of aryl methyl sites for hydroxylation is 1. The Kier molecular flexibility index (Phi) is 7.74. The van der Waals surface area contributed by atoms with Crippen molar-refractivity contribution < 1.29 is 14.3 Å². The zero-order valence-corrected chi connectivity index (χ0v) is 17.9. The topological polar surface area (TPSA) is 65.4 Å². The van der Waals surface area contributed by atoms with E-state index in [1.165, 1.54) is 0 Å². The van der Waals surface area contributed by atoms with E-state index >= 15 is 0 Å². The first-order chi connectivity index (χ1) is 14.6. The third kappa shape index (κ3) is 5.76. The third-order valence-electron chi connectivity index (χ3n) is 4.58. The summed E-state index contributed by atoms with van der Waals surface area (Å²) in [5, 5.41) is 3.73. The van der Waals surface area contributed by atoms with Gasteiger partial charge in [0.2, 0.25) is 5.91 Å². The molecule has 0 saturated carbocycles. The number of para-hydroxylation sites is 2. The Morgan fingerprint density at radius 2 is 1.83 bits per heavy atom. The molecule has 0 aliphatic carbocycles. The number of carbonyl (C=O) groups is 1. The van der Waals surface area contributed by atoms with Crippen LogP contribution in [0, 0.1) is 0 Å². The van der Waals surface area contributed by atoms with Crippen molar-refractivity contribution in [3.63, 3.8) is 0 Å². The number of benzene rings is 2. The summed E-state index contributed by atoms with van der Waals surface area (Å²) in [6.45, 7) is 2.92. The molecule has 1 N–H and O–H groups in total. The van der Waals surface area contributed by atoms with Gasteiger partial charge in [-0.3, -0.25) is 4.79 Å². The van der Waals surface area contributed by atoms with E-state index in [9.17, 15) is 4.79 Å². The largest absolute Gasteiger partial charge is 0.490 e. The van der Waals surface area contributed by atoms with Gasteiger partial charge in [0.25, 0.3) is 0 Å². The van der Waals surface area contributed by atoms with E-state index in [1.54, 1.807) is 6.20 Å². The Morgan fingerprint density at radius 1 is 1.13 bits per heavy atom. The van der Waals surface area contributed by atoms with Crippen LogP contribution in [-0.4, -0.2) is 28.7 Å². The highest BCUT2D eigenvalue weighted by atomic mass is 35.5. The van der Waals surface area contributed by atoms with Gasteiger partial charge in [0.05, 0.1) is 13.2 Å². The maximum atomic E-state index is 12.6. The van der Waals surface area contributed by atoms with Gasteiger partial charge in [0.1, 0.15) is 11.9 Å². The van der Waals surface area contributed by atoms with Crippen LogP contribution in [0.15, 0.2) is 60.9 Å². The van der Waals surface area contributed by atoms with Gasteiger partial charge in [-0.05, 0) is 43.2 Å². The first kappa shape index (κ1) is 21.7. The summed E-state index contributed by atoms with van der Waals surface area (Å²) in [5.74, 6) is 2.08. The molecule has 0 spiro atoms. The fourth-order valence-corrected chi connectivity index (χ4v) is 3.23. The molecule has 1 aromatic heterocycles. The Morgan fingerprint density at radius 3 is 2.47 bits per heavy atom. The number of hydrogen-bond donors (Lipinski definition) is 1. The van der Waals surface area contributed by atoms with E-state index in [0.717, 1.165) is 11.4 Å². The lowest BCUT2D eigenvalue weighted by atomic mass is 10.1. The first-order valence-electron chi connectivity index (χ1n) is 9.95. The molecule has 0 radical (unpaired) electrons. The highest BCUT2D eigenvalue weighted by Crippen LogP contribution is 2.26. The number of hydrogen-bond acceptors (Lipinski definition) is 4. The van der Waals surface area contributed by atoms with E-state index in [0.29, 0.717) is 42.6 Å². The monoisotopic (exact) mass is 427 g/mol. The second-order valence-corrected chi connectivity index (χ2v) is 7.22. The Hall–Kier alpha value is -2.99. The molecule has 3 rings (SSSR count). The van der Waals surface area contributed by atoms with Crippen molar-refractivity contribution in [2.24, 2.45) is 7.05 Å². The number of halogens is 1. The van der Waals surface area contributed by atoms with Crippen molar-refractivity contribution in [1.29, 1.82) is 0 Å². The van der Waals surface area contributed by atoms with Crippen LogP contribution >= 0.6 is 11.6 Å². The molecule has 7 heteroatoms. The zero-order chi connectivity index (χ0) is 21.3. The Bertz CT molecular complexity index is 956. The standard InChI is InChI=1S/C23H26ClN3O3/c1-3-29-19-7-4-5-8-20(19)30-16-6-9-21(28)26-22(23-25-14-15-27(23)2)17-10-12-18(24)13-11-17/h4-5,7-8,10-15,22H,3,6,9,16H2,1-2H3,(H,26,28). The summed E-state index contributed by atoms with van der Waals surface area (Å²) < 4.78 is 13.2. The minimum atomic E-state index is -0.352. The number of carbonyl (C=O) groups excluding carboxylic acids is 1. The van der Waals surface area contributed by atoms with E-state index in [4.69, 9.17) is 21.1 Å². The Balaban J connectivity index is 1.57. The SMILES string of the molecule is CCOc1ccccc1OCCCC(=O)NC(c1ccc(Cl)cc1)c1nccn1C. The molecule has 0 bridgehead atoms. The molecule has 1 unspecified atom stereocenters. The van der Waals surface area contributed by atoms with Crippen molar-refractivity contribution in [1.82, 2.24) is 14.9 Å². The number of rotatable bonds is 10. The van der Waals surface area contributed by atoms with Crippen molar-refractivity contribution >= 4 is 17.5 Å². The Labute approximate surface area is 181 Å². The normalized spacial score (nSPS) is 11.7. The average molecular weight is 428 g/mol. The van der Waals surface area contributed by atoms with Gasteiger partial charge >= 0.3 is 0 Å². The van der Waals surface area contributed by atoms with E-state index < -0.39 is 0 Å². The minimum absolute atomic E-state index is 0.0698. The lowest BCUT2D eigenvalue weighted by molar-refractivity contribution is -0.121. The molecule has 158 valence electrons. The van der Waals surface area contributed by atoms with Crippen LogP contribution in [-0.2, 0) is 11.8 Å². The first-order valence-corrected chi connectivity index (χ1v) is 10.3. The molecule has 2 aromatic carbocycles. The molecule has 6 nitrogen and oxygen atoms in total. The van der Waals surface area contributed by atoms with Crippen molar-refractivity contribution in [2.75, 3.05) is 13.2 Å². The van der Waals surface area contributed by atoms with Gasteiger partial charge in [0, 0.05) is 30.9 Å². The molecular weight excluding hydrogens is 402 g/mol. The maximum Gasteiger partial charge on any atom is 0.220 e. The summed E-state index contributed by atoms with van der Waals surface area (Å²) in [4.78, 5) is 17.0. The molecule has 0 saturated heterocycles. The maximum absolute atomic E-state index is 12.6. The predicted molar refractivity (Wildman–Crippen MR) is 117 cm³/mol. The summed E-state index contributed by atoms with van der Waals surface area (Å²) in [6, 6.07) is 14.6. The lowest BCUT2D eigenvalue weighted by Crippen LogP contribution is -2.31. The van der Waals surface area contributed by atoms with Crippen molar-refractivity contribution in [3.05, 3.63) is 77.3 Å². The third-order valence-corrected chi connectivity index (χ3v) is 4.83. The second-order valence-electron chi connectivity index (χ2n) is 6.78. The molecule has 1 heterocycles. The molecular formula is C23H26ClN3O3. The summed E-state index contributed by atoms with van der Waals surface area (Å²) >= 11 is 6.01. The van der Waals surface area contributed by atoms with Crippen LogP contribution in [0.3, 0.4) is 0 Å². The van der Waals surface area contributed by atoms with Crippen LogP contribution in [0.2, 0.25) is 5.02 Å². The summed E-state index contributed by atoms with van der Waals surface area (Å²) in [6.07, 6.45) is 4.49. The van der Waals surface area contributed by atoms with Gasteiger partial charge in [0.15, 0.2) is 11.5 Å². The van der Waals surface area contributed by atoms with Gasteiger partial charge in [-0.1, -0.05) is 35.9 Å². The summed E-state index contributed by atoms with van der Waals surface area (Å²) in [5.41, 5.74) is 0.920. The van der Waals surface area contributed by atoms with Gasteiger partial charge in [-0.15, -0.1) is 0 Å². The van der Waals surface area contributed by atoms with Gasteiger partial charge in [-0.25, -0.2) is 4.98 Å². The van der Waals surface area contributed by atoms with Gasteiger partial charge in [-0.2, -0.15) is 0 Å². The highest BCUT2D eigenvalue weighted by Gasteiger charge is 2.20. The zero-order valence-electron chi connectivity index (χ0n) is 17.2. The predicted octanol–water partition coefficient (Wildman–Crippen LogP) is 4.54. The van der Waals surface area contributed by atoms with Crippen LogP contribution < -0.4 is 14.8 Å². The number of amides is 1. The molecule has 0 aliphatic heterocycles. The number of aromatic nitrogens is 2. The van der Waals surface area contributed by atoms with E-state index in [2.05, 4.69) is 10.3 Å². The minimum Gasteiger partial charge on any atom is -0.490 e. The van der Waals surface area contributed by atoms with Crippen LogP contribution in [0.4, 0.5) is 0 Å². The van der Waals surface area contributed by atoms with Crippen molar-refractivity contribution in [2.45, 2.75) is 25.8 Å². The van der Waals surface area contributed by atoms with Crippen LogP contribution in [0.1, 0.15) is 37.2 Å². The van der Waals surface area contributed by atoms with Gasteiger partial charge < -0.3 is 19.4 Å². The number of nitrogens with zero attached hydrogens (tertiary/aromatic N) is 2. The quantitative estimate of drug-likeness (QED) is 0.482. The number of imidazole rings is 1. The second kappa shape index (κ2) is 10.7. The average Bonchev–Trinajstić information content (AvgIpc) is 3.17. The highest BCUT2D eigenvalue weighted by molar-refractivity contribution is 6.30. The molecule has 3 aromatic rings. The fraction of sp³-hybridized carbons (Fsp3) is 0.304. The number of nitrogens with one attached hydrogen (secondary N) is 1. The molecule has 30 heavy (non-hydrogen) atoms. The smallest absolute Gasteiger partial charge is 0.220 e. The van der Waals surface area contributed by atoms with Crippen LogP contribution in [0.25, 0.3) is 0 Å². The van der Waals surface area contributed by atoms with E-state index in [1.807, 2.05) is 73.3 Å². The molecule has 1 amide bonds. The van der Waals surface area contributed by atoms with E-state index in [-0.39, 0.29) is 11.9 Å². The number of ether oxygens (including phenoxy) is 2. The fourth-order valence-electron chi connectivity index (χ4n) is 3.10. The van der Waals surface area contributed by atoms with Crippen molar-refractivity contribution in [3.8, 4) is 11.5 Å².